The smallest absolute Gasteiger partial charge is 0.309 e. The maximum Gasteiger partial charge on any atom is 0.309 e. The molecule has 0 saturated heterocycles. The lowest BCUT2D eigenvalue weighted by Crippen LogP contribution is -2.39. The molecule has 2 nitrogen and oxygen atoms in total. The minimum absolute atomic E-state index is 0.318. The Hall–Kier alpha value is -0.530. The number of carboxylic acid groups (broad SMARTS) is 1. The van der Waals surface area contributed by atoms with Crippen molar-refractivity contribution < 1.29 is 9.90 Å². The molecule has 0 fully saturated rings. The van der Waals surface area contributed by atoms with Gasteiger partial charge in [0.1, 0.15) is 0 Å². The van der Waals surface area contributed by atoms with E-state index in [1.165, 1.54) is 212 Å². The first-order chi connectivity index (χ1) is 24.7. The molecule has 0 aliphatic rings. The van der Waals surface area contributed by atoms with E-state index in [0.29, 0.717) is 11.3 Å². The van der Waals surface area contributed by atoms with Gasteiger partial charge >= 0.3 is 5.97 Å². The summed E-state index contributed by atoms with van der Waals surface area (Å²) in [7, 11) is 0. The highest BCUT2D eigenvalue weighted by molar-refractivity contribution is 5.75. The monoisotopic (exact) mass is 719 g/mol. The predicted octanol–water partition coefficient (Wildman–Crippen LogP) is 18.0. The van der Waals surface area contributed by atoms with Crippen LogP contribution < -0.4 is 0 Å². The van der Waals surface area contributed by atoms with Gasteiger partial charge in [-0.25, -0.2) is 0 Å². The summed E-state index contributed by atoms with van der Waals surface area (Å²) in [6.45, 7) is 14.0. The lowest BCUT2D eigenvalue weighted by molar-refractivity contribution is -0.155. The normalized spacial score (nSPS) is 12.9. The Kier molecular flexibility index (Phi) is 36.1. The molecular weight excluding hydrogens is 621 g/mol. The Morgan fingerprint density at radius 1 is 0.373 bits per heavy atom. The standard InChI is InChI=1S/C49H98O2/c1-7-10-13-16-19-22-25-28-31-34-37-41-46(42-40-43-48(4,5)6)49(47(50)51,44-38-35-32-29-26-23-20-17-14-11-8-2)45-39-36-33-30-27-24-21-18-15-12-9-3/h46H,7-45H2,1-6H3,(H,50,51). The maximum absolute atomic E-state index is 13.6. The van der Waals surface area contributed by atoms with Crippen molar-refractivity contribution in [1.82, 2.24) is 0 Å². The molecule has 0 heterocycles. The van der Waals surface area contributed by atoms with Crippen LogP contribution in [0.4, 0.5) is 0 Å². The van der Waals surface area contributed by atoms with Gasteiger partial charge in [0.05, 0.1) is 5.41 Å². The van der Waals surface area contributed by atoms with Crippen LogP contribution in [0.2, 0.25) is 0 Å². The van der Waals surface area contributed by atoms with Gasteiger partial charge in [-0.05, 0) is 43.4 Å². The molecule has 1 N–H and O–H groups in total. The van der Waals surface area contributed by atoms with Crippen LogP contribution in [0.5, 0.6) is 0 Å². The fourth-order valence-corrected chi connectivity index (χ4v) is 8.76. The maximum atomic E-state index is 13.6. The van der Waals surface area contributed by atoms with E-state index in [0.717, 1.165) is 38.5 Å². The van der Waals surface area contributed by atoms with E-state index in [-0.39, 0.29) is 0 Å². The lowest BCUT2D eigenvalue weighted by atomic mass is 9.64. The molecule has 0 radical (unpaired) electrons. The summed E-state index contributed by atoms with van der Waals surface area (Å²) in [5.41, 5.74) is -0.200. The highest BCUT2D eigenvalue weighted by atomic mass is 16.4. The third-order valence-corrected chi connectivity index (χ3v) is 12.3. The minimum Gasteiger partial charge on any atom is -0.481 e. The summed E-state index contributed by atoms with van der Waals surface area (Å²) in [5, 5.41) is 11.2. The molecule has 0 spiro atoms. The summed E-state index contributed by atoms with van der Waals surface area (Å²) in [4.78, 5) is 13.6. The number of rotatable bonds is 41. The van der Waals surface area contributed by atoms with Crippen molar-refractivity contribution in [1.29, 1.82) is 0 Å². The summed E-state index contributed by atoms with van der Waals surface area (Å²) in [6, 6.07) is 0. The van der Waals surface area contributed by atoms with Gasteiger partial charge in [0, 0.05) is 0 Å². The Labute approximate surface area is 323 Å². The van der Waals surface area contributed by atoms with Crippen molar-refractivity contribution >= 4 is 5.97 Å². The van der Waals surface area contributed by atoms with Crippen LogP contribution in [0, 0.1) is 16.7 Å². The zero-order valence-electron chi connectivity index (χ0n) is 36.5. The topological polar surface area (TPSA) is 37.3 Å². The van der Waals surface area contributed by atoms with Gasteiger partial charge in [-0.15, -0.1) is 0 Å². The van der Waals surface area contributed by atoms with Crippen LogP contribution in [-0.2, 0) is 4.79 Å². The molecule has 2 heteroatoms. The molecule has 0 aliphatic carbocycles. The average molecular weight is 719 g/mol. The van der Waals surface area contributed by atoms with Crippen molar-refractivity contribution in [3.63, 3.8) is 0 Å². The van der Waals surface area contributed by atoms with E-state index in [2.05, 4.69) is 41.5 Å². The fraction of sp³-hybridized carbons (Fsp3) is 0.980. The Morgan fingerprint density at radius 2 is 0.627 bits per heavy atom. The van der Waals surface area contributed by atoms with Crippen molar-refractivity contribution in [2.75, 3.05) is 0 Å². The van der Waals surface area contributed by atoms with Gasteiger partial charge in [0.15, 0.2) is 0 Å². The summed E-state index contributed by atoms with van der Waals surface area (Å²) >= 11 is 0. The second kappa shape index (κ2) is 36.4. The Balaban J connectivity index is 5.22. The van der Waals surface area contributed by atoms with Crippen LogP contribution in [0.3, 0.4) is 0 Å². The molecule has 0 bridgehead atoms. The largest absolute Gasteiger partial charge is 0.481 e. The SMILES string of the molecule is CCCCCCCCCCCCCC(CCCC(C)(C)C)C(CCCCCCCCCCCCC)(CCCCCCCCCCCCC)C(=O)O. The van der Waals surface area contributed by atoms with Gasteiger partial charge in [-0.2, -0.15) is 0 Å². The van der Waals surface area contributed by atoms with E-state index >= 15 is 0 Å². The summed E-state index contributed by atoms with van der Waals surface area (Å²) in [6.07, 6.45) is 50.7. The highest BCUT2D eigenvalue weighted by Gasteiger charge is 2.44. The number of unbranched alkanes of at least 4 members (excludes halogenated alkanes) is 30. The Morgan fingerprint density at radius 3 is 0.902 bits per heavy atom. The number of aliphatic carboxylic acids is 1. The van der Waals surface area contributed by atoms with Gasteiger partial charge < -0.3 is 5.11 Å². The van der Waals surface area contributed by atoms with Crippen molar-refractivity contribution in [2.24, 2.45) is 16.7 Å². The van der Waals surface area contributed by atoms with E-state index < -0.39 is 11.4 Å². The number of carbonyl (C=O) groups is 1. The van der Waals surface area contributed by atoms with Crippen molar-refractivity contribution in [2.45, 2.75) is 292 Å². The first kappa shape index (κ1) is 50.5. The molecule has 0 aromatic rings. The van der Waals surface area contributed by atoms with Gasteiger partial charge in [-0.1, -0.05) is 260 Å². The molecular formula is C49H98O2. The van der Waals surface area contributed by atoms with Crippen LogP contribution in [-0.4, -0.2) is 11.1 Å². The average Bonchev–Trinajstić information content (AvgIpc) is 3.09. The quantitative estimate of drug-likeness (QED) is 0.0639. The molecule has 0 aromatic heterocycles. The van der Waals surface area contributed by atoms with Crippen LogP contribution in [0.15, 0.2) is 0 Å². The molecule has 0 aromatic carbocycles. The van der Waals surface area contributed by atoms with Crippen LogP contribution in [0.1, 0.15) is 292 Å². The predicted molar refractivity (Wildman–Crippen MR) is 230 cm³/mol. The fourth-order valence-electron chi connectivity index (χ4n) is 8.76. The van der Waals surface area contributed by atoms with Gasteiger partial charge in [0.2, 0.25) is 0 Å². The number of carboxylic acids is 1. The van der Waals surface area contributed by atoms with E-state index in [1.54, 1.807) is 0 Å². The van der Waals surface area contributed by atoms with Gasteiger partial charge in [0.25, 0.3) is 0 Å². The molecule has 1 unspecified atom stereocenters. The molecule has 306 valence electrons. The number of hydrogen-bond acceptors (Lipinski definition) is 1. The summed E-state index contributed by atoms with van der Waals surface area (Å²) in [5.74, 6) is -0.118. The van der Waals surface area contributed by atoms with Crippen molar-refractivity contribution in [3.8, 4) is 0 Å². The van der Waals surface area contributed by atoms with E-state index in [9.17, 15) is 9.90 Å². The summed E-state index contributed by atoms with van der Waals surface area (Å²) < 4.78 is 0. The van der Waals surface area contributed by atoms with E-state index in [4.69, 9.17) is 0 Å². The second-order valence-electron chi connectivity index (χ2n) is 18.5. The highest BCUT2D eigenvalue weighted by Crippen LogP contribution is 2.45. The first-order valence-corrected chi connectivity index (χ1v) is 24.0. The molecule has 0 amide bonds. The molecule has 51 heavy (non-hydrogen) atoms. The molecule has 0 rings (SSSR count). The van der Waals surface area contributed by atoms with Gasteiger partial charge in [-0.3, -0.25) is 4.79 Å². The third kappa shape index (κ3) is 31.5. The molecule has 0 aliphatic heterocycles. The van der Waals surface area contributed by atoms with Crippen molar-refractivity contribution in [3.05, 3.63) is 0 Å². The zero-order valence-corrected chi connectivity index (χ0v) is 36.5. The number of hydrogen-bond donors (Lipinski definition) is 1. The van der Waals surface area contributed by atoms with Crippen LogP contribution in [0.25, 0.3) is 0 Å². The Bertz CT molecular complexity index is 679. The molecule has 0 saturated carbocycles. The third-order valence-electron chi connectivity index (χ3n) is 12.3. The lowest BCUT2D eigenvalue weighted by Gasteiger charge is -2.39. The van der Waals surface area contributed by atoms with Crippen LogP contribution >= 0.6 is 0 Å². The molecule has 1 atom stereocenters. The second-order valence-corrected chi connectivity index (χ2v) is 18.5. The first-order valence-electron chi connectivity index (χ1n) is 24.0. The van der Waals surface area contributed by atoms with E-state index in [1.807, 2.05) is 0 Å². The zero-order chi connectivity index (χ0) is 37.7. The minimum atomic E-state index is -0.519.